The summed E-state index contributed by atoms with van der Waals surface area (Å²) in [6, 6.07) is 3.91. The van der Waals surface area contributed by atoms with Crippen LogP contribution in [-0.2, 0) is 0 Å². The minimum Gasteiger partial charge on any atom is -0.485 e. The van der Waals surface area contributed by atoms with Crippen LogP contribution >= 0.6 is 0 Å². The molecule has 1 aliphatic rings. The van der Waals surface area contributed by atoms with E-state index >= 15 is 0 Å². The molecule has 1 fully saturated rings. The SMILES string of the molecule is NC(=NO)c1ccc(O[C@H]2CCN(C(=O)O)C2)c(F)c1. The van der Waals surface area contributed by atoms with Crippen molar-refractivity contribution in [3.8, 4) is 5.75 Å². The van der Waals surface area contributed by atoms with Crippen molar-refractivity contribution in [1.82, 2.24) is 4.90 Å². The van der Waals surface area contributed by atoms with E-state index < -0.39 is 11.9 Å². The van der Waals surface area contributed by atoms with Crippen LogP contribution in [0.15, 0.2) is 23.4 Å². The average Bonchev–Trinajstić information content (AvgIpc) is 2.89. The molecule has 7 nitrogen and oxygen atoms in total. The number of nitrogens with zero attached hydrogens (tertiary/aromatic N) is 2. The Kier molecular flexibility index (Phi) is 3.92. The van der Waals surface area contributed by atoms with Gasteiger partial charge in [0, 0.05) is 18.5 Å². The minimum absolute atomic E-state index is 0.0109. The minimum atomic E-state index is -1.01. The van der Waals surface area contributed by atoms with E-state index in [0.29, 0.717) is 13.0 Å². The average molecular weight is 283 g/mol. The highest BCUT2D eigenvalue weighted by atomic mass is 19.1. The highest BCUT2D eigenvalue weighted by Gasteiger charge is 2.27. The number of amides is 1. The van der Waals surface area contributed by atoms with E-state index in [0.717, 1.165) is 6.07 Å². The van der Waals surface area contributed by atoms with Gasteiger partial charge < -0.3 is 25.7 Å². The molecule has 1 saturated heterocycles. The first-order chi connectivity index (χ1) is 9.51. The fourth-order valence-corrected chi connectivity index (χ4v) is 1.99. The van der Waals surface area contributed by atoms with E-state index in [9.17, 15) is 9.18 Å². The summed E-state index contributed by atoms with van der Waals surface area (Å²) in [7, 11) is 0. The summed E-state index contributed by atoms with van der Waals surface area (Å²) in [5.41, 5.74) is 5.58. The Morgan fingerprint density at radius 2 is 2.30 bits per heavy atom. The Balaban J connectivity index is 2.06. The second-order valence-electron chi connectivity index (χ2n) is 4.39. The van der Waals surface area contributed by atoms with Crippen molar-refractivity contribution in [1.29, 1.82) is 0 Å². The smallest absolute Gasteiger partial charge is 0.407 e. The molecular formula is C12H14FN3O4. The van der Waals surface area contributed by atoms with Gasteiger partial charge in [0.15, 0.2) is 17.4 Å². The molecule has 0 spiro atoms. The molecule has 0 bridgehead atoms. The van der Waals surface area contributed by atoms with Gasteiger partial charge in [0.25, 0.3) is 0 Å². The molecule has 4 N–H and O–H groups in total. The number of amidine groups is 1. The van der Waals surface area contributed by atoms with Gasteiger partial charge in [-0.3, -0.25) is 0 Å². The molecule has 1 aromatic rings. The van der Waals surface area contributed by atoms with Gasteiger partial charge in [0.1, 0.15) is 6.10 Å². The summed E-state index contributed by atoms with van der Waals surface area (Å²) in [4.78, 5) is 12.0. The Hall–Kier alpha value is -2.51. The van der Waals surface area contributed by atoms with Crippen LogP contribution in [0.25, 0.3) is 0 Å². The predicted molar refractivity (Wildman–Crippen MR) is 67.5 cm³/mol. The van der Waals surface area contributed by atoms with Crippen molar-refractivity contribution in [3.05, 3.63) is 29.6 Å². The zero-order valence-corrected chi connectivity index (χ0v) is 10.5. The molecule has 1 aliphatic heterocycles. The van der Waals surface area contributed by atoms with Gasteiger partial charge in [0.2, 0.25) is 0 Å². The van der Waals surface area contributed by atoms with E-state index in [2.05, 4.69) is 5.16 Å². The normalized spacial score (nSPS) is 19.1. The molecule has 8 heteroatoms. The molecule has 0 aromatic heterocycles. The molecule has 0 radical (unpaired) electrons. The molecule has 1 aromatic carbocycles. The predicted octanol–water partition coefficient (Wildman–Crippen LogP) is 1.05. The fourth-order valence-electron chi connectivity index (χ4n) is 1.99. The Morgan fingerprint density at radius 3 is 2.85 bits per heavy atom. The van der Waals surface area contributed by atoms with Crippen LogP contribution in [0.4, 0.5) is 9.18 Å². The molecule has 1 atom stereocenters. The molecule has 1 amide bonds. The van der Waals surface area contributed by atoms with E-state index in [4.69, 9.17) is 20.8 Å². The van der Waals surface area contributed by atoms with Gasteiger partial charge in [-0.05, 0) is 18.2 Å². The van der Waals surface area contributed by atoms with Gasteiger partial charge in [-0.15, -0.1) is 0 Å². The first kappa shape index (κ1) is 13.9. The lowest BCUT2D eigenvalue weighted by Gasteiger charge is -2.15. The van der Waals surface area contributed by atoms with Crippen LogP contribution in [0, 0.1) is 5.82 Å². The van der Waals surface area contributed by atoms with Crippen LogP contribution in [0.3, 0.4) is 0 Å². The third kappa shape index (κ3) is 2.90. The largest absolute Gasteiger partial charge is 0.485 e. The fraction of sp³-hybridized carbons (Fsp3) is 0.333. The standard InChI is InChI=1S/C12H14FN3O4/c13-9-5-7(11(14)15-19)1-2-10(9)20-8-3-4-16(6-8)12(17)18/h1-2,5,8,19H,3-4,6H2,(H2,14,15)(H,17,18)/t8-/m0/s1. The summed E-state index contributed by atoms with van der Waals surface area (Å²) >= 11 is 0. The number of hydrogen-bond acceptors (Lipinski definition) is 4. The lowest BCUT2D eigenvalue weighted by molar-refractivity contribution is 0.144. The monoisotopic (exact) mass is 283 g/mol. The Morgan fingerprint density at radius 1 is 1.55 bits per heavy atom. The van der Waals surface area contributed by atoms with Gasteiger partial charge in [-0.1, -0.05) is 5.16 Å². The number of ether oxygens (including phenoxy) is 1. The number of carboxylic acid groups (broad SMARTS) is 1. The molecular weight excluding hydrogens is 269 g/mol. The first-order valence-electron chi connectivity index (χ1n) is 5.93. The van der Waals surface area contributed by atoms with E-state index in [1.165, 1.54) is 17.0 Å². The number of hydrogen-bond donors (Lipinski definition) is 3. The Labute approximate surface area is 114 Å². The third-order valence-electron chi connectivity index (χ3n) is 3.04. The van der Waals surface area contributed by atoms with E-state index in [1.807, 2.05) is 0 Å². The Bertz CT molecular complexity index is 550. The third-order valence-corrected chi connectivity index (χ3v) is 3.04. The lowest BCUT2D eigenvalue weighted by atomic mass is 10.2. The summed E-state index contributed by atoms with van der Waals surface area (Å²) in [6.45, 7) is 0.570. The number of rotatable bonds is 3. The molecule has 0 unspecified atom stereocenters. The summed E-state index contributed by atoms with van der Waals surface area (Å²) < 4.78 is 19.2. The van der Waals surface area contributed by atoms with Crippen molar-refractivity contribution in [3.63, 3.8) is 0 Å². The number of halogens is 1. The maximum absolute atomic E-state index is 13.8. The molecule has 0 aliphatic carbocycles. The second-order valence-corrected chi connectivity index (χ2v) is 4.39. The quantitative estimate of drug-likeness (QED) is 0.332. The number of carbonyl (C=O) groups is 1. The first-order valence-corrected chi connectivity index (χ1v) is 5.93. The summed E-state index contributed by atoms with van der Waals surface area (Å²) in [5, 5.41) is 20.1. The molecule has 2 rings (SSSR count). The van der Waals surface area contributed by atoms with Gasteiger partial charge in [-0.2, -0.15) is 0 Å². The second kappa shape index (κ2) is 5.64. The maximum Gasteiger partial charge on any atom is 0.407 e. The zero-order valence-electron chi connectivity index (χ0n) is 10.5. The van der Waals surface area contributed by atoms with Crippen molar-refractivity contribution < 1.29 is 24.2 Å². The van der Waals surface area contributed by atoms with Crippen LogP contribution < -0.4 is 10.5 Å². The number of nitrogens with two attached hydrogens (primary N) is 1. The van der Waals surface area contributed by atoms with Crippen LogP contribution in [0.5, 0.6) is 5.75 Å². The van der Waals surface area contributed by atoms with Gasteiger partial charge >= 0.3 is 6.09 Å². The molecule has 1 heterocycles. The van der Waals surface area contributed by atoms with E-state index in [-0.39, 0.29) is 29.8 Å². The van der Waals surface area contributed by atoms with Crippen molar-refractivity contribution in [2.24, 2.45) is 10.9 Å². The van der Waals surface area contributed by atoms with Crippen LogP contribution in [-0.4, -0.2) is 46.3 Å². The topological polar surface area (TPSA) is 108 Å². The molecule has 0 saturated carbocycles. The van der Waals surface area contributed by atoms with Crippen LogP contribution in [0.1, 0.15) is 12.0 Å². The van der Waals surface area contributed by atoms with E-state index in [1.54, 1.807) is 0 Å². The number of oxime groups is 1. The molecule has 20 heavy (non-hydrogen) atoms. The maximum atomic E-state index is 13.8. The van der Waals surface area contributed by atoms with Gasteiger partial charge in [-0.25, -0.2) is 9.18 Å². The summed E-state index contributed by atoms with van der Waals surface area (Å²) in [5.74, 6) is -0.840. The van der Waals surface area contributed by atoms with Gasteiger partial charge in [0.05, 0.1) is 6.54 Å². The number of likely N-dealkylation sites (tertiary alicyclic amines) is 1. The highest BCUT2D eigenvalue weighted by Crippen LogP contribution is 2.22. The van der Waals surface area contributed by atoms with Crippen molar-refractivity contribution in [2.75, 3.05) is 13.1 Å². The zero-order chi connectivity index (χ0) is 14.7. The highest BCUT2D eigenvalue weighted by molar-refractivity contribution is 5.97. The van der Waals surface area contributed by atoms with Crippen LogP contribution in [0.2, 0.25) is 0 Å². The van der Waals surface area contributed by atoms with Crippen molar-refractivity contribution in [2.45, 2.75) is 12.5 Å². The van der Waals surface area contributed by atoms with Crippen molar-refractivity contribution >= 4 is 11.9 Å². The molecule has 108 valence electrons. The summed E-state index contributed by atoms with van der Waals surface area (Å²) in [6.07, 6.45) is -0.887. The number of benzene rings is 1. The lowest BCUT2D eigenvalue weighted by Crippen LogP contribution is -2.29.